The molecule has 3 aromatic rings. The van der Waals surface area contributed by atoms with Crippen LogP contribution in [0.3, 0.4) is 0 Å². The van der Waals surface area contributed by atoms with E-state index in [9.17, 15) is 0 Å². The molecule has 0 unspecified atom stereocenters. The molecule has 4 nitrogen and oxygen atoms in total. The summed E-state index contributed by atoms with van der Waals surface area (Å²) in [4.78, 5) is 9.05. The van der Waals surface area contributed by atoms with E-state index in [-0.39, 0.29) is 0 Å². The Bertz CT molecular complexity index is 710. The van der Waals surface area contributed by atoms with Crippen LogP contribution in [0.15, 0.2) is 42.9 Å². The Labute approximate surface area is 117 Å². The maximum atomic E-state index is 4.68. The standard InChI is InChI=1S/C16H16N4/c1-12-9-16-15(17-10-12)6-5-14(20-16)4-2-3-13-7-8-18-19-11-13/h5-11H,2-4H2,1H3. The van der Waals surface area contributed by atoms with Crippen LogP contribution in [0.2, 0.25) is 0 Å². The zero-order valence-electron chi connectivity index (χ0n) is 11.5. The third-order valence-electron chi connectivity index (χ3n) is 3.28. The Morgan fingerprint density at radius 2 is 1.90 bits per heavy atom. The van der Waals surface area contributed by atoms with E-state index in [4.69, 9.17) is 0 Å². The number of hydrogen-bond acceptors (Lipinski definition) is 4. The SMILES string of the molecule is Cc1cnc2ccc(CCCc3ccnnc3)nc2c1. The minimum Gasteiger partial charge on any atom is -0.254 e. The molecule has 20 heavy (non-hydrogen) atoms. The van der Waals surface area contributed by atoms with Crippen molar-refractivity contribution in [1.82, 2.24) is 20.2 Å². The molecule has 3 aromatic heterocycles. The van der Waals surface area contributed by atoms with Crippen molar-refractivity contribution in [2.45, 2.75) is 26.2 Å². The molecule has 3 heterocycles. The van der Waals surface area contributed by atoms with Gasteiger partial charge < -0.3 is 0 Å². The first-order chi connectivity index (χ1) is 9.81. The molecule has 0 atom stereocenters. The smallest absolute Gasteiger partial charge is 0.0892 e. The summed E-state index contributed by atoms with van der Waals surface area (Å²) in [5.41, 5.74) is 5.42. The highest BCUT2D eigenvalue weighted by Gasteiger charge is 2.01. The van der Waals surface area contributed by atoms with Gasteiger partial charge in [-0.2, -0.15) is 10.2 Å². The van der Waals surface area contributed by atoms with Gasteiger partial charge in [0.05, 0.1) is 17.2 Å². The first-order valence-corrected chi connectivity index (χ1v) is 6.79. The molecule has 0 saturated carbocycles. The predicted molar refractivity (Wildman–Crippen MR) is 78.3 cm³/mol. The van der Waals surface area contributed by atoms with Crippen molar-refractivity contribution >= 4 is 11.0 Å². The van der Waals surface area contributed by atoms with Crippen molar-refractivity contribution < 1.29 is 0 Å². The molecule has 0 aliphatic rings. The summed E-state index contributed by atoms with van der Waals surface area (Å²) >= 11 is 0. The molecule has 0 bridgehead atoms. The molecule has 4 heteroatoms. The first kappa shape index (κ1) is 12.7. The predicted octanol–water partition coefficient (Wildman–Crippen LogP) is 2.90. The third-order valence-corrected chi connectivity index (χ3v) is 3.28. The largest absolute Gasteiger partial charge is 0.254 e. The maximum absolute atomic E-state index is 4.68. The number of fused-ring (bicyclic) bond motifs is 1. The Balaban J connectivity index is 1.68. The normalized spacial score (nSPS) is 10.8. The minimum atomic E-state index is 0.956. The molecule has 0 aliphatic heterocycles. The van der Waals surface area contributed by atoms with Crippen LogP contribution in [0.5, 0.6) is 0 Å². The van der Waals surface area contributed by atoms with Gasteiger partial charge in [0, 0.05) is 18.1 Å². The number of hydrogen-bond donors (Lipinski definition) is 0. The topological polar surface area (TPSA) is 51.6 Å². The van der Waals surface area contributed by atoms with E-state index < -0.39 is 0 Å². The van der Waals surface area contributed by atoms with E-state index in [0.29, 0.717) is 0 Å². The van der Waals surface area contributed by atoms with Crippen LogP contribution in [0, 0.1) is 6.92 Å². The molecular formula is C16H16N4. The minimum absolute atomic E-state index is 0.956. The van der Waals surface area contributed by atoms with Gasteiger partial charge in [0.15, 0.2) is 0 Å². The van der Waals surface area contributed by atoms with Crippen molar-refractivity contribution in [2.75, 3.05) is 0 Å². The summed E-state index contributed by atoms with van der Waals surface area (Å²) in [6.07, 6.45) is 8.45. The molecule has 0 fully saturated rings. The van der Waals surface area contributed by atoms with E-state index in [1.807, 2.05) is 31.5 Å². The van der Waals surface area contributed by atoms with Crippen LogP contribution in [0.4, 0.5) is 0 Å². The Kier molecular flexibility index (Phi) is 3.63. The summed E-state index contributed by atoms with van der Waals surface area (Å²) in [6, 6.07) is 8.20. The Hall–Kier alpha value is -2.36. The average Bonchev–Trinajstić information content (AvgIpc) is 2.48. The third kappa shape index (κ3) is 2.96. The number of nitrogens with zero attached hydrogens (tertiary/aromatic N) is 4. The molecule has 0 amide bonds. The lowest BCUT2D eigenvalue weighted by atomic mass is 10.1. The van der Waals surface area contributed by atoms with Gasteiger partial charge in [-0.1, -0.05) is 0 Å². The molecule has 0 aliphatic carbocycles. The molecule has 0 saturated heterocycles. The second-order valence-electron chi connectivity index (χ2n) is 4.96. The van der Waals surface area contributed by atoms with Crippen molar-refractivity contribution in [3.05, 3.63) is 59.7 Å². The monoisotopic (exact) mass is 264 g/mol. The van der Waals surface area contributed by atoms with Crippen molar-refractivity contribution in [1.29, 1.82) is 0 Å². The van der Waals surface area contributed by atoms with Gasteiger partial charge in [0.25, 0.3) is 0 Å². The van der Waals surface area contributed by atoms with Crippen LogP contribution < -0.4 is 0 Å². The highest BCUT2D eigenvalue weighted by Crippen LogP contribution is 2.13. The van der Waals surface area contributed by atoms with Gasteiger partial charge in [0.2, 0.25) is 0 Å². The van der Waals surface area contributed by atoms with Crippen LogP contribution in [0.1, 0.15) is 23.2 Å². The van der Waals surface area contributed by atoms with Gasteiger partial charge in [-0.3, -0.25) is 9.97 Å². The van der Waals surface area contributed by atoms with E-state index in [0.717, 1.165) is 41.6 Å². The highest BCUT2D eigenvalue weighted by atomic mass is 15.1. The average molecular weight is 264 g/mol. The number of pyridine rings is 2. The lowest BCUT2D eigenvalue weighted by molar-refractivity contribution is 0.794. The van der Waals surface area contributed by atoms with Crippen molar-refractivity contribution in [3.63, 3.8) is 0 Å². The summed E-state index contributed by atoms with van der Waals surface area (Å²) in [6.45, 7) is 2.04. The fourth-order valence-corrected chi connectivity index (χ4v) is 2.23. The second kappa shape index (κ2) is 5.74. The number of rotatable bonds is 4. The summed E-state index contributed by atoms with van der Waals surface area (Å²) in [5, 5.41) is 7.67. The van der Waals surface area contributed by atoms with Gasteiger partial charge in [-0.25, -0.2) is 0 Å². The van der Waals surface area contributed by atoms with Crippen LogP contribution in [-0.4, -0.2) is 20.2 Å². The summed E-state index contributed by atoms with van der Waals surface area (Å²) in [7, 11) is 0. The first-order valence-electron chi connectivity index (χ1n) is 6.79. The second-order valence-corrected chi connectivity index (χ2v) is 4.96. The van der Waals surface area contributed by atoms with Crippen LogP contribution in [0.25, 0.3) is 11.0 Å². The number of aryl methyl sites for hydroxylation is 3. The van der Waals surface area contributed by atoms with E-state index >= 15 is 0 Å². The lowest BCUT2D eigenvalue weighted by Gasteiger charge is -2.03. The van der Waals surface area contributed by atoms with Crippen molar-refractivity contribution in [2.24, 2.45) is 0 Å². The summed E-state index contributed by atoms with van der Waals surface area (Å²) < 4.78 is 0. The Morgan fingerprint density at radius 3 is 2.75 bits per heavy atom. The quantitative estimate of drug-likeness (QED) is 0.727. The van der Waals surface area contributed by atoms with Gasteiger partial charge in [-0.15, -0.1) is 0 Å². The van der Waals surface area contributed by atoms with Gasteiger partial charge in [-0.05, 0) is 61.6 Å². The van der Waals surface area contributed by atoms with Gasteiger partial charge >= 0.3 is 0 Å². The molecule has 0 spiro atoms. The molecule has 100 valence electrons. The fourth-order valence-electron chi connectivity index (χ4n) is 2.23. The van der Waals surface area contributed by atoms with E-state index in [1.165, 1.54) is 5.56 Å². The van der Waals surface area contributed by atoms with Crippen molar-refractivity contribution in [3.8, 4) is 0 Å². The van der Waals surface area contributed by atoms with E-state index in [2.05, 4.69) is 32.3 Å². The van der Waals surface area contributed by atoms with E-state index in [1.54, 1.807) is 6.20 Å². The highest BCUT2D eigenvalue weighted by molar-refractivity contribution is 5.74. The maximum Gasteiger partial charge on any atom is 0.0892 e. The lowest BCUT2D eigenvalue weighted by Crippen LogP contribution is -1.95. The summed E-state index contributed by atoms with van der Waals surface area (Å²) in [5.74, 6) is 0. The Morgan fingerprint density at radius 1 is 0.950 bits per heavy atom. The molecule has 0 aromatic carbocycles. The molecule has 0 N–H and O–H groups in total. The van der Waals surface area contributed by atoms with Gasteiger partial charge in [0.1, 0.15) is 0 Å². The molecular weight excluding hydrogens is 248 g/mol. The molecule has 3 rings (SSSR count). The molecule has 0 radical (unpaired) electrons. The fraction of sp³-hybridized carbons (Fsp3) is 0.250. The van der Waals surface area contributed by atoms with Crippen LogP contribution >= 0.6 is 0 Å². The number of aromatic nitrogens is 4. The van der Waals surface area contributed by atoms with Crippen LogP contribution in [-0.2, 0) is 12.8 Å². The zero-order chi connectivity index (χ0) is 13.8. The zero-order valence-corrected chi connectivity index (χ0v) is 11.5.